The van der Waals surface area contributed by atoms with Gasteiger partial charge in [0.15, 0.2) is 0 Å². The Labute approximate surface area is 159 Å². The van der Waals surface area contributed by atoms with Crippen LogP contribution >= 0.6 is 11.6 Å². The molecule has 3 aromatic rings. The minimum atomic E-state index is -0.539. The number of halogens is 1. The molecule has 1 amide bonds. The van der Waals surface area contributed by atoms with Crippen LogP contribution in [0.25, 0.3) is 10.9 Å². The number of fused-ring (bicyclic) bond motifs is 1. The van der Waals surface area contributed by atoms with Crippen molar-refractivity contribution >= 4 is 28.4 Å². The highest BCUT2D eigenvalue weighted by atomic mass is 35.5. The summed E-state index contributed by atoms with van der Waals surface area (Å²) in [5.41, 5.74) is 0.615. The first-order chi connectivity index (χ1) is 13.0. The highest BCUT2D eigenvalue weighted by Gasteiger charge is 2.11. The van der Waals surface area contributed by atoms with Crippen LogP contribution in [0.2, 0.25) is 5.02 Å². The molecule has 2 N–H and O–H groups in total. The zero-order chi connectivity index (χ0) is 19.4. The lowest BCUT2D eigenvalue weighted by Crippen LogP contribution is -2.36. The van der Waals surface area contributed by atoms with E-state index in [4.69, 9.17) is 16.3 Å². The number of rotatable bonds is 6. The Morgan fingerprint density at radius 1 is 1.19 bits per heavy atom. The summed E-state index contributed by atoms with van der Waals surface area (Å²) in [7, 11) is 1.50. The lowest BCUT2D eigenvalue weighted by Gasteiger charge is -2.08. The SMILES string of the molecule is COCCn1c(=O)[nH]c2cc(C(=O)NCc3ccc(Cl)cc3)ccc2c1=O. The summed E-state index contributed by atoms with van der Waals surface area (Å²) < 4.78 is 5.99. The number of methoxy groups -OCH3 is 1. The van der Waals surface area contributed by atoms with Crippen molar-refractivity contribution in [1.29, 1.82) is 0 Å². The first-order valence-electron chi connectivity index (χ1n) is 8.28. The first-order valence-corrected chi connectivity index (χ1v) is 8.66. The predicted octanol–water partition coefficient (Wildman–Crippen LogP) is 1.92. The van der Waals surface area contributed by atoms with E-state index >= 15 is 0 Å². The van der Waals surface area contributed by atoms with E-state index in [0.717, 1.165) is 10.1 Å². The van der Waals surface area contributed by atoms with Gasteiger partial charge in [0.2, 0.25) is 0 Å². The molecule has 0 spiro atoms. The monoisotopic (exact) mass is 387 g/mol. The molecule has 0 fully saturated rings. The predicted molar refractivity (Wildman–Crippen MR) is 103 cm³/mol. The number of aromatic amines is 1. The van der Waals surface area contributed by atoms with Crippen LogP contribution in [-0.2, 0) is 17.8 Å². The number of nitrogens with zero attached hydrogens (tertiary/aromatic N) is 1. The van der Waals surface area contributed by atoms with Gasteiger partial charge in [0.1, 0.15) is 0 Å². The van der Waals surface area contributed by atoms with Crippen LogP contribution < -0.4 is 16.6 Å². The average molecular weight is 388 g/mol. The summed E-state index contributed by atoms with van der Waals surface area (Å²) in [6, 6.07) is 11.7. The number of carbonyl (C=O) groups excluding carboxylic acids is 1. The van der Waals surface area contributed by atoms with Gasteiger partial charge in [-0.25, -0.2) is 4.79 Å². The molecule has 1 aromatic heterocycles. The molecule has 2 aromatic carbocycles. The third kappa shape index (κ3) is 4.27. The number of hydrogen-bond donors (Lipinski definition) is 2. The Bertz CT molecular complexity index is 1090. The summed E-state index contributed by atoms with van der Waals surface area (Å²) >= 11 is 5.84. The smallest absolute Gasteiger partial charge is 0.328 e. The minimum absolute atomic E-state index is 0.157. The molecule has 27 heavy (non-hydrogen) atoms. The van der Waals surface area contributed by atoms with E-state index in [-0.39, 0.29) is 19.1 Å². The van der Waals surface area contributed by atoms with Gasteiger partial charge >= 0.3 is 5.69 Å². The highest BCUT2D eigenvalue weighted by Crippen LogP contribution is 2.11. The summed E-state index contributed by atoms with van der Waals surface area (Å²) in [5, 5.41) is 3.75. The van der Waals surface area contributed by atoms with Crippen LogP contribution in [0.15, 0.2) is 52.1 Å². The van der Waals surface area contributed by atoms with Crippen molar-refractivity contribution in [2.24, 2.45) is 0 Å². The maximum absolute atomic E-state index is 12.5. The van der Waals surface area contributed by atoms with E-state index in [2.05, 4.69) is 10.3 Å². The normalized spacial score (nSPS) is 10.9. The van der Waals surface area contributed by atoms with Gasteiger partial charge < -0.3 is 15.0 Å². The molecule has 1 heterocycles. The van der Waals surface area contributed by atoms with Gasteiger partial charge in [-0.2, -0.15) is 0 Å². The van der Waals surface area contributed by atoms with Gasteiger partial charge in [-0.1, -0.05) is 23.7 Å². The van der Waals surface area contributed by atoms with E-state index in [1.807, 2.05) is 12.1 Å². The number of amides is 1. The van der Waals surface area contributed by atoms with Crippen molar-refractivity contribution in [3.05, 3.63) is 79.5 Å². The fourth-order valence-corrected chi connectivity index (χ4v) is 2.79. The van der Waals surface area contributed by atoms with E-state index in [1.54, 1.807) is 18.2 Å². The molecule has 7 nitrogen and oxygen atoms in total. The topological polar surface area (TPSA) is 93.2 Å². The van der Waals surface area contributed by atoms with Crippen LogP contribution in [0.1, 0.15) is 15.9 Å². The van der Waals surface area contributed by atoms with Crippen LogP contribution in [0.4, 0.5) is 0 Å². The first kappa shape index (κ1) is 18.9. The maximum Gasteiger partial charge on any atom is 0.328 e. The Hall–Kier alpha value is -2.90. The molecule has 0 radical (unpaired) electrons. The van der Waals surface area contributed by atoms with Gasteiger partial charge in [-0.15, -0.1) is 0 Å². The van der Waals surface area contributed by atoms with Crippen molar-refractivity contribution < 1.29 is 9.53 Å². The van der Waals surface area contributed by atoms with Gasteiger partial charge in [-0.05, 0) is 35.9 Å². The molecule has 0 atom stereocenters. The number of benzene rings is 2. The van der Waals surface area contributed by atoms with Crippen LogP contribution in [0.5, 0.6) is 0 Å². The second kappa shape index (κ2) is 8.20. The summed E-state index contributed by atoms with van der Waals surface area (Å²) in [6.45, 7) is 0.743. The molecule has 0 aliphatic heterocycles. The Morgan fingerprint density at radius 3 is 2.63 bits per heavy atom. The Balaban J connectivity index is 1.83. The van der Waals surface area contributed by atoms with Crippen LogP contribution in [0.3, 0.4) is 0 Å². The average Bonchev–Trinajstić information content (AvgIpc) is 2.66. The van der Waals surface area contributed by atoms with Crippen molar-refractivity contribution in [3.63, 3.8) is 0 Å². The maximum atomic E-state index is 12.5. The summed E-state index contributed by atoms with van der Waals surface area (Å²) in [6.07, 6.45) is 0. The molecule has 8 heteroatoms. The molecule has 3 rings (SSSR count). The molecular formula is C19H18ClN3O4. The lowest BCUT2D eigenvalue weighted by atomic mass is 10.1. The van der Waals surface area contributed by atoms with Crippen molar-refractivity contribution in [2.75, 3.05) is 13.7 Å². The molecule has 0 aliphatic carbocycles. The fraction of sp³-hybridized carbons (Fsp3) is 0.211. The molecule has 0 saturated heterocycles. The summed E-state index contributed by atoms with van der Waals surface area (Å²) in [4.78, 5) is 39.6. The Kier molecular flexibility index (Phi) is 5.73. The standard InChI is InChI=1S/C19H18ClN3O4/c1-27-9-8-23-18(25)15-7-4-13(10-16(15)22-19(23)26)17(24)21-11-12-2-5-14(20)6-3-12/h2-7,10H,8-9,11H2,1H3,(H,21,24)(H,22,26). The largest absolute Gasteiger partial charge is 0.383 e. The number of carbonyl (C=O) groups is 1. The van der Waals surface area contributed by atoms with Crippen molar-refractivity contribution in [3.8, 4) is 0 Å². The van der Waals surface area contributed by atoms with E-state index in [9.17, 15) is 14.4 Å². The second-order valence-electron chi connectivity index (χ2n) is 5.95. The third-order valence-electron chi connectivity index (χ3n) is 4.13. The molecule has 0 saturated carbocycles. The van der Waals surface area contributed by atoms with Crippen molar-refractivity contribution in [2.45, 2.75) is 13.1 Å². The lowest BCUT2D eigenvalue weighted by molar-refractivity contribution is 0.0951. The van der Waals surface area contributed by atoms with Crippen LogP contribution in [0, 0.1) is 0 Å². The van der Waals surface area contributed by atoms with E-state index < -0.39 is 11.2 Å². The molecular weight excluding hydrogens is 370 g/mol. The number of ether oxygens (including phenoxy) is 1. The summed E-state index contributed by atoms with van der Waals surface area (Å²) in [5.74, 6) is -0.309. The third-order valence-corrected chi connectivity index (χ3v) is 4.38. The molecule has 0 aliphatic rings. The van der Waals surface area contributed by atoms with Gasteiger partial charge in [-0.3, -0.25) is 14.2 Å². The second-order valence-corrected chi connectivity index (χ2v) is 6.39. The van der Waals surface area contributed by atoms with E-state index in [0.29, 0.717) is 28.0 Å². The fourth-order valence-electron chi connectivity index (χ4n) is 2.67. The molecule has 140 valence electrons. The number of nitrogens with one attached hydrogen (secondary N) is 2. The van der Waals surface area contributed by atoms with Crippen molar-refractivity contribution in [1.82, 2.24) is 14.9 Å². The Morgan fingerprint density at radius 2 is 1.93 bits per heavy atom. The quantitative estimate of drug-likeness (QED) is 0.675. The highest BCUT2D eigenvalue weighted by molar-refractivity contribution is 6.30. The van der Waals surface area contributed by atoms with E-state index in [1.165, 1.54) is 19.2 Å². The van der Waals surface area contributed by atoms with Gasteiger partial charge in [0.05, 0.1) is 24.1 Å². The zero-order valence-corrected chi connectivity index (χ0v) is 15.4. The van der Waals surface area contributed by atoms with Gasteiger partial charge in [0.25, 0.3) is 11.5 Å². The molecule has 0 unspecified atom stereocenters. The number of aromatic nitrogens is 2. The van der Waals surface area contributed by atoms with Gasteiger partial charge in [0, 0.05) is 24.2 Å². The zero-order valence-electron chi connectivity index (χ0n) is 14.6. The number of hydrogen-bond acceptors (Lipinski definition) is 4. The molecule has 0 bridgehead atoms. The number of H-pyrrole nitrogens is 1. The van der Waals surface area contributed by atoms with Crippen LogP contribution in [-0.4, -0.2) is 29.2 Å². The minimum Gasteiger partial charge on any atom is -0.383 e.